The molecule has 0 fully saturated rings. The highest BCUT2D eigenvalue weighted by Crippen LogP contribution is 2.32. The molecule has 8 heteroatoms. The Morgan fingerprint density at radius 2 is 1.65 bits per heavy atom. The van der Waals surface area contributed by atoms with Crippen LogP contribution in [0.1, 0.15) is 5.56 Å². The van der Waals surface area contributed by atoms with Crippen molar-refractivity contribution in [3.8, 4) is 11.6 Å². The second-order valence-electron chi connectivity index (χ2n) is 3.68. The van der Waals surface area contributed by atoms with E-state index in [0.717, 1.165) is 18.2 Å². The minimum Gasteiger partial charge on any atom is -0.436 e. The van der Waals surface area contributed by atoms with Crippen molar-refractivity contribution in [3.63, 3.8) is 0 Å². The molecule has 0 N–H and O–H groups in total. The summed E-state index contributed by atoms with van der Waals surface area (Å²) in [5.41, 5.74) is -1.03. The standard InChI is InChI=1S/C12H5F6NO/c13-8-5-9(14)11(19-10(8)15)20-7-3-1-2-6(4-7)12(16,17)18/h1-5H. The number of hydrogen-bond donors (Lipinski definition) is 0. The number of alkyl halides is 3. The maximum absolute atomic E-state index is 13.2. The third-order valence-electron chi connectivity index (χ3n) is 2.23. The fourth-order valence-corrected chi connectivity index (χ4v) is 1.35. The molecular weight excluding hydrogens is 288 g/mol. The molecule has 0 bridgehead atoms. The van der Waals surface area contributed by atoms with Gasteiger partial charge in [-0.15, -0.1) is 0 Å². The molecule has 106 valence electrons. The van der Waals surface area contributed by atoms with Crippen LogP contribution in [-0.2, 0) is 6.18 Å². The fraction of sp³-hybridized carbons (Fsp3) is 0.0833. The quantitative estimate of drug-likeness (QED) is 0.608. The zero-order chi connectivity index (χ0) is 14.9. The van der Waals surface area contributed by atoms with Gasteiger partial charge in [0.05, 0.1) is 5.56 Å². The number of nitrogens with zero attached hydrogens (tertiary/aromatic N) is 1. The molecule has 0 atom stereocenters. The number of aromatic nitrogens is 1. The summed E-state index contributed by atoms with van der Waals surface area (Å²) in [6, 6.07) is 3.67. The first-order valence-corrected chi connectivity index (χ1v) is 5.14. The van der Waals surface area contributed by atoms with Crippen LogP contribution in [0.2, 0.25) is 0 Å². The van der Waals surface area contributed by atoms with Crippen LogP contribution in [0.5, 0.6) is 11.6 Å². The van der Waals surface area contributed by atoms with Gasteiger partial charge in [-0.25, -0.2) is 8.78 Å². The Morgan fingerprint density at radius 3 is 2.30 bits per heavy atom. The van der Waals surface area contributed by atoms with Crippen LogP contribution in [0.4, 0.5) is 26.3 Å². The summed E-state index contributed by atoms with van der Waals surface area (Å²) in [6.07, 6.45) is -4.61. The second kappa shape index (κ2) is 5.03. The van der Waals surface area contributed by atoms with Crippen LogP contribution in [0.25, 0.3) is 0 Å². The lowest BCUT2D eigenvalue weighted by Gasteiger charge is -2.09. The van der Waals surface area contributed by atoms with Gasteiger partial charge in [-0.1, -0.05) is 6.07 Å². The number of halogens is 6. The van der Waals surface area contributed by atoms with Crippen molar-refractivity contribution in [3.05, 3.63) is 53.5 Å². The molecule has 1 heterocycles. The van der Waals surface area contributed by atoms with Crippen LogP contribution in [0.3, 0.4) is 0 Å². The molecule has 1 aromatic heterocycles. The van der Waals surface area contributed by atoms with Crippen molar-refractivity contribution in [2.45, 2.75) is 6.18 Å². The van der Waals surface area contributed by atoms with E-state index in [2.05, 4.69) is 9.72 Å². The number of hydrogen-bond acceptors (Lipinski definition) is 2. The van der Waals surface area contributed by atoms with E-state index in [1.807, 2.05) is 0 Å². The van der Waals surface area contributed by atoms with Crippen molar-refractivity contribution in [2.75, 3.05) is 0 Å². The SMILES string of the molecule is Fc1cc(F)c(Oc2cccc(C(F)(F)F)c2)nc1F. The van der Waals surface area contributed by atoms with Gasteiger partial charge in [0.25, 0.3) is 11.8 Å². The Hall–Kier alpha value is -2.25. The highest BCUT2D eigenvalue weighted by atomic mass is 19.4. The normalized spacial score (nSPS) is 11.5. The van der Waals surface area contributed by atoms with E-state index in [0.29, 0.717) is 6.07 Å². The van der Waals surface area contributed by atoms with Crippen molar-refractivity contribution in [1.82, 2.24) is 4.98 Å². The predicted octanol–water partition coefficient (Wildman–Crippen LogP) is 4.31. The van der Waals surface area contributed by atoms with Gasteiger partial charge in [0.15, 0.2) is 11.6 Å². The third-order valence-corrected chi connectivity index (χ3v) is 2.23. The minimum atomic E-state index is -4.61. The summed E-state index contributed by atoms with van der Waals surface area (Å²) in [5.74, 6) is -5.84. The van der Waals surface area contributed by atoms with E-state index in [4.69, 9.17) is 0 Å². The van der Waals surface area contributed by atoms with Gasteiger partial charge in [-0.05, 0) is 18.2 Å². The van der Waals surface area contributed by atoms with Crippen LogP contribution in [0.15, 0.2) is 30.3 Å². The van der Waals surface area contributed by atoms with Gasteiger partial charge in [0.1, 0.15) is 5.75 Å². The molecule has 0 radical (unpaired) electrons. The molecular formula is C12H5F6NO. The van der Waals surface area contributed by atoms with Gasteiger partial charge in [0.2, 0.25) is 0 Å². The van der Waals surface area contributed by atoms with E-state index in [1.54, 1.807) is 0 Å². The first-order valence-electron chi connectivity index (χ1n) is 5.14. The molecule has 0 aliphatic carbocycles. The molecule has 0 amide bonds. The minimum absolute atomic E-state index is 0.186. The molecule has 0 aliphatic rings. The number of rotatable bonds is 2. The van der Waals surface area contributed by atoms with E-state index < -0.39 is 41.0 Å². The van der Waals surface area contributed by atoms with Crippen LogP contribution < -0.4 is 4.74 Å². The van der Waals surface area contributed by atoms with E-state index in [1.165, 1.54) is 0 Å². The van der Waals surface area contributed by atoms with E-state index in [9.17, 15) is 26.3 Å². The Balaban J connectivity index is 2.33. The lowest BCUT2D eigenvalue weighted by molar-refractivity contribution is -0.137. The number of benzene rings is 1. The van der Waals surface area contributed by atoms with Gasteiger partial charge in [-0.2, -0.15) is 22.5 Å². The average molecular weight is 293 g/mol. The Labute approximate surface area is 108 Å². The van der Waals surface area contributed by atoms with Crippen LogP contribution >= 0.6 is 0 Å². The highest BCUT2D eigenvalue weighted by molar-refractivity contribution is 5.33. The maximum Gasteiger partial charge on any atom is 0.416 e. The zero-order valence-electron chi connectivity index (χ0n) is 9.51. The Bertz CT molecular complexity index is 640. The van der Waals surface area contributed by atoms with E-state index in [-0.39, 0.29) is 6.07 Å². The van der Waals surface area contributed by atoms with Gasteiger partial charge in [-0.3, -0.25) is 0 Å². The summed E-state index contributed by atoms with van der Waals surface area (Å²) in [6.45, 7) is 0. The maximum atomic E-state index is 13.2. The van der Waals surface area contributed by atoms with E-state index >= 15 is 0 Å². The Kier molecular flexibility index (Phi) is 3.56. The van der Waals surface area contributed by atoms with Crippen molar-refractivity contribution >= 4 is 0 Å². The monoisotopic (exact) mass is 293 g/mol. The molecule has 0 saturated carbocycles. The average Bonchev–Trinajstić information content (AvgIpc) is 2.35. The molecule has 2 nitrogen and oxygen atoms in total. The fourth-order valence-electron chi connectivity index (χ4n) is 1.35. The number of pyridine rings is 1. The largest absolute Gasteiger partial charge is 0.436 e. The predicted molar refractivity (Wildman–Crippen MR) is 55.6 cm³/mol. The second-order valence-corrected chi connectivity index (χ2v) is 3.68. The van der Waals surface area contributed by atoms with Crippen molar-refractivity contribution in [2.24, 2.45) is 0 Å². The Morgan fingerprint density at radius 1 is 0.950 bits per heavy atom. The molecule has 0 saturated heterocycles. The smallest absolute Gasteiger partial charge is 0.416 e. The van der Waals surface area contributed by atoms with Gasteiger partial charge >= 0.3 is 6.18 Å². The topological polar surface area (TPSA) is 22.1 Å². The summed E-state index contributed by atoms with van der Waals surface area (Å²) in [4.78, 5) is 2.84. The first-order chi connectivity index (χ1) is 9.27. The number of ether oxygens (including phenoxy) is 1. The summed E-state index contributed by atoms with van der Waals surface area (Å²) >= 11 is 0. The van der Waals surface area contributed by atoms with Crippen molar-refractivity contribution in [1.29, 1.82) is 0 Å². The molecule has 2 rings (SSSR count). The molecule has 0 spiro atoms. The van der Waals surface area contributed by atoms with Gasteiger partial charge < -0.3 is 4.74 Å². The zero-order valence-corrected chi connectivity index (χ0v) is 9.51. The lowest BCUT2D eigenvalue weighted by Crippen LogP contribution is -2.05. The lowest BCUT2D eigenvalue weighted by atomic mass is 10.2. The molecule has 1 aromatic carbocycles. The molecule has 20 heavy (non-hydrogen) atoms. The third kappa shape index (κ3) is 3.01. The van der Waals surface area contributed by atoms with Crippen molar-refractivity contribution < 1.29 is 31.1 Å². The summed E-state index contributed by atoms with van der Waals surface area (Å²) in [7, 11) is 0. The van der Waals surface area contributed by atoms with Crippen LogP contribution in [-0.4, -0.2) is 4.98 Å². The van der Waals surface area contributed by atoms with Gasteiger partial charge in [0, 0.05) is 6.07 Å². The molecule has 0 aliphatic heterocycles. The molecule has 2 aromatic rings. The summed E-state index contributed by atoms with van der Waals surface area (Å²) in [5, 5.41) is 0. The van der Waals surface area contributed by atoms with Crippen LogP contribution in [0, 0.1) is 17.6 Å². The highest BCUT2D eigenvalue weighted by Gasteiger charge is 2.30. The first kappa shape index (κ1) is 14.2. The summed E-state index contributed by atoms with van der Waals surface area (Å²) < 4.78 is 80.7. The molecule has 0 unspecified atom stereocenters.